The van der Waals surface area contributed by atoms with E-state index in [1.54, 1.807) is 0 Å². The zero-order valence-electron chi connectivity index (χ0n) is 18.3. The molecule has 0 amide bonds. The van der Waals surface area contributed by atoms with Crippen molar-refractivity contribution in [3.05, 3.63) is 0 Å². The van der Waals surface area contributed by atoms with Gasteiger partial charge in [-0.25, -0.2) is 0 Å². The predicted octanol–water partition coefficient (Wildman–Crippen LogP) is 1.39. The summed E-state index contributed by atoms with van der Waals surface area (Å²) in [5, 5.41) is 33.6. The van der Waals surface area contributed by atoms with E-state index in [1.807, 2.05) is 0 Å². The third kappa shape index (κ3) is 31.7. The van der Waals surface area contributed by atoms with E-state index >= 15 is 0 Å². The number of carbonyl (C=O) groups is 1. The number of aliphatic hydroxyl groups is 3. The number of unbranched alkanes of at least 4 members (excludes halogenated alkanes) is 10. The van der Waals surface area contributed by atoms with Crippen LogP contribution in [-0.2, 0) is 4.79 Å². The Morgan fingerprint density at radius 1 is 0.769 bits per heavy atom. The fraction of sp³-hybridized carbons (Fsp3) is 0.950. The molecule has 0 aromatic rings. The Bertz CT molecular complexity index is 269. The first-order valence-electron chi connectivity index (χ1n) is 10.2. The van der Waals surface area contributed by atoms with Crippen LogP contribution in [0.4, 0.5) is 0 Å². The minimum atomic E-state index is -0.678. The van der Waals surface area contributed by atoms with Crippen LogP contribution >= 0.6 is 0 Å². The molecule has 0 heterocycles. The maximum Gasteiger partial charge on any atom is 1.00 e. The largest absolute Gasteiger partial charge is 1.00 e. The predicted molar refractivity (Wildman–Crippen MR) is 104 cm³/mol. The summed E-state index contributed by atoms with van der Waals surface area (Å²) in [6, 6.07) is 0. The van der Waals surface area contributed by atoms with E-state index < -0.39 is 5.97 Å². The van der Waals surface area contributed by atoms with Crippen LogP contribution in [-0.4, -0.2) is 45.7 Å². The molecule has 0 aliphatic rings. The van der Waals surface area contributed by atoms with Gasteiger partial charge in [0.2, 0.25) is 0 Å². The zero-order valence-corrected chi connectivity index (χ0v) is 17.3. The normalized spacial score (nSPS) is 11.2. The molecule has 0 spiro atoms. The number of hydrogen-bond donors (Lipinski definition) is 4. The van der Waals surface area contributed by atoms with Crippen LogP contribution in [0, 0.1) is 0 Å². The number of rotatable bonds is 17. The molecule has 0 aromatic heterocycles. The van der Waals surface area contributed by atoms with Gasteiger partial charge < -0.3 is 21.9 Å². The van der Waals surface area contributed by atoms with Gasteiger partial charge in [0.25, 0.3) is 0 Å². The first kappa shape index (κ1) is 30.7. The summed E-state index contributed by atoms with van der Waals surface area (Å²) in [6.45, 7) is 1.96. The Balaban J connectivity index is -0.000000398. The molecule has 4 N–H and O–H groups in total. The van der Waals surface area contributed by atoms with Gasteiger partial charge in [-0.1, -0.05) is 77.6 Å². The van der Waals surface area contributed by atoms with Crippen molar-refractivity contribution in [1.82, 2.24) is 0 Å². The first-order chi connectivity index (χ1) is 12.1. The molecule has 154 valence electrons. The second-order valence-corrected chi connectivity index (χ2v) is 6.71. The Morgan fingerprint density at radius 2 is 1.15 bits per heavy atom. The van der Waals surface area contributed by atoms with Crippen LogP contribution in [0.25, 0.3) is 0 Å². The second-order valence-electron chi connectivity index (χ2n) is 6.71. The maximum atomic E-state index is 10.3. The fourth-order valence-corrected chi connectivity index (χ4v) is 2.67. The Morgan fingerprint density at radius 3 is 1.54 bits per heavy atom. The summed E-state index contributed by atoms with van der Waals surface area (Å²) in [5.41, 5.74) is 0. The summed E-state index contributed by atoms with van der Waals surface area (Å²) in [5.74, 6) is -0.678. The topological polar surface area (TPSA) is 98.0 Å². The van der Waals surface area contributed by atoms with E-state index in [1.165, 1.54) is 51.4 Å². The van der Waals surface area contributed by atoms with Crippen LogP contribution in [0.2, 0.25) is 0 Å². The molecule has 0 aliphatic heterocycles. The van der Waals surface area contributed by atoms with Crippen molar-refractivity contribution >= 4 is 5.97 Å². The summed E-state index contributed by atoms with van der Waals surface area (Å²) >= 11 is 0. The van der Waals surface area contributed by atoms with Crippen LogP contribution in [0.5, 0.6) is 0 Å². The van der Waals surface area contributed by atoms with Crippen LogP contribution in [0.15, 0.2) is 0 Å². The van der Waals surface area contributed by atoms with E-state index in [2.05, 4.69) is 6.92 Å². The number of aliphatic carboxylic acids is 1. The van der Waals surface area contributed by atoms with Gasteiger partial charge in [0.1, 0.15) is 0 Å². The van der Waals surface area contributed by atoms with E-state index in [0.29, 0.717) is 6.42 Å². The second kappa shape index (κ2) is 27.2. The van der Waals surface area contributed by atoms with Gasteiger partial charge in [-0.3, -0.25) is 4.79 Å². The summed E-state index contributed by atoms with van der Waals surface area (Å²) in [4.78, 5) is 10.3. The van der Waals surface area contributed by atoms with Crippen molar-refractivity contribution in [2.75, 3.05) is 13.2 Å². The Kier molecular flexibility index (Phi) is 32.0. The molecule has 26 heavy (non-hydrogen) atoms. The standard InChI is InChI=1S/C18H36O3.C2H6O2.Li.H/c1-2-3-4-11-14-17(19)15-12-9-7-5-6-8-10-13-16-18(20)21;3-1-2-4;;/h17,19H,2-16H2,1H3,(H,20,21);3-4H,1-2H2;;/q;;+1;-1. The zero-order chi connectivity index (χ0) is 19.2. The Labute approximate surface area is 174 Å². The molecular formula is C20H43LiO5. The molecule has 6 heteroatoms. The van der Waals surface area contributed by atoms with Crippen molar-refractivity contribution in [2.24, 2.45) is 0 Å². The summed E-state index contributed by atoms with van der Waals surface area (Å²) in [7, 11) is 0. The van der Waals surface area contributed by atoms with Crippen molar-refractivity contribution in [3.8, 4) is 0 Å². The van der Waals surface area contributed by atoms with Gasteiger partial charge in [0, 0.05) is 6.42 Å². The number of carboxylic acids is 1. The quantitative estimate of drug-likeness (QED) is 0.229. The SMILES string of the molecule is CCCCCCC(O)CCCCCCCCCCC(=O)O.OCCO.[H-].[Li+]. The summed E-state index contributed by atoms with van der Waals surface area (Å²) in [6.07, 6.45) is 16.3. The molecule has 0 saturated carbocycles. The fourth-order valence-electron chi connectivity index (χ4n) is 2.67. The van der Waals surface area contributed by atoms with Crippen LogP contribution in [0.1, 0.15) is 105 Å². The maximum absolute atomic E-state index is 10.3. The molecule has 0 saturated heterocycles. The van der Waals surface area contributed by atoms with Gasteiger partial charge >= 0.3 is 24.8 Å². The van der Waals surface area contributed by atoms with E-state index in [-0.39, 0.29) is 39.6 Å². The molecule has 0 bridgehead atoms. The van der Waals surface area contributed by atoms with Crippen molar-refractivity contribution in [3.63, 3.8) is 0 Å². The van der Waals surface area contributed by atoms with Crippen molar-refractivity contribution < 1.29 is 45.5 Å². The monoisotopic (exact) mass is 370 g/mol. The van der Waals surface area contributed by atoms with Gasteiger partial charge in [0.15, 0.2) is 0 Å². The van der Waals surface area contributed by atoms with Crippen molar-refractivity contribution in [2.45, 2.75) is 109 Å². The average Bonchev–Trinajstić information content (AvgIpc) is 2.60. The van der Waals surface area contributed by atoms with Crippen LogP contribution < -0.4 is 18.9 Å². The molecule has 0 rings (SSSR count). The molecule has 5 nitrogen and oxygen atoms in total. The molecule has 1 atom stereocenters. The molecule has 0 fully saturated rings. The van der Waals surface area contributed by atoms with E-state index in [9.17, 15) is 9.90 Å². The van der Waals surface area contributed by atoms with Gasteiger partial charge in [-0.2, -0.15) is 0 Å². The van der Waals surface area contributed by atoms with Crippen LogP contribution in [0.3, 0.4) is 0 Å². The molecule has 1 unspecified atom stereocenters. The van der Waals surface area contributed by atoms with Gasteiger partial charge in [-0.15, -0.1) is 0 Å². The molecule has 0 radical (unpaired) electrons. The molecule has 0 aromatic carbocycles. The Hall–Kier alpha value is -0.0526. The molecule has 0 aliphatic carbocycles. The first-order valence-corrected chi connectivity index (χ1v) is 10.2. The van der Waals surface area contributed by atoms with E-state index in [0.717, 1.165) is 38.5 Å². The number of aliphatic hydroxyl groups excluding tert-OH is 3. The number of carboxylic acid groups (broad SMARTS) is 1. The van der Waals surface area contributed by atoms with Gasteiger partial charge in [-0.05, 0) is 19.3 Å². The minimum absolute atomic E-state index is 0. The van der Waals surface area contributed by atoms with Gasteiger partial charge in [0.05, 0.1) is 19.3 Å². The van der Waals surface area contributed by atoms with Crippen molar-refractivity contribution in [1.29, 1.82) is 0 Å². The van der Waals surface area contributed by atoms with E-state index in [4.69, 9.17) is 15.3 Å². The summed E-state index contributed by atoms with van der Waals surface area (Å²) < 4.78 is 0. The smallest absolute Gasteiger partial charge is 1.00 e. The third-order valence-electron chi connectivity index (χ3n) is 4.17. The number of hydrogen-bond acceptors (Lipinski definition) is 4. The minimum Gasteiger partial charge on any atom is -1.00 e. The average molecular weight is 370 g/mol. The molecular weight excluding hydrogens is 327 g/mol. The third-order valence-corrected chi connectivity index (χ3v) is 4.17.